The summed E-state index contributed by atoms with van der Waals surface area (Å²) in [7, 11) is 0. The number of halogens is 24. The van der Waals surface area contributed by atoms with Crippen molar-refractivity contribution >= 4 is 33.8 Å². The summed E-state index contributed by atoms with van der Waals surface area (Å²) in [6.07, 6.45) is -38.5. The molecule has 83 heavy (non-hydrogen) atoms. The summed E-state index contributed by atoms with van der Waals surface area (Å²) in [5.41, 5.74) is -28.1. The average Bonchev–Trinajstić information content (AvgIpc) is 1.86. The van der Waals surface area contributed by atoms with Gasteiger partial charge in [-0.25, -0.2) is 4.57 Å². The van der Waals surface area contributed by atoms with Crippen LogP contribution in [0.15, 0.2) is 128 Å². The summed E-state index contributed by atoms with van der Waals surface area (Å²) < 4.78 is 343. The second-order valence-electron chi connectivity index (χ2n) is 19.5. The van der Waals surface area contributed by atoms with Crippen molar-refractivity contribution in [1.29, 1.82) is 0 Å². The van der Waals surface area contributed by atoms with E-state index in [1.807, 2.05) is 30.6 Å². The number of benzene rings is 5. The lowest BCUT2D eigenvalue weighted by molar-refractivity contribution is -0.688. The molecule has 0 aliphatic carbocycles. The first-order chi connectivity index (χ1) is 38.1. The van der Waals surface area contributed by atoms with Gasteiger partial charge in [0.05, 0.1) is 44.5 Å². The number of alkyl halides is 24. The van der Waals surface area contributed by atoms with Crippen molar-refractivity contribution in [2.75, 3.05) is 0 Å². The van der Waals surface area contributed by atoms with Crippen molar-refractivity contribution in [3.63, 3.8) is 0 Å². The van der Waals surface area contributed by atoms with Gasteiger partial charge in [-0.15, -0.1) is 0 Å². The summed E-state index contributed by atoms with van der Waals surface area (Å²) in [5, 5.41) is 0. The van der Waals surface area contributed by atoms with Crippen molar-refractivity contribution in [3.05, 3.63) is 183 Å². The molecule has 0 saturated heterocycles. The first kappa shape index (κ1) is 67.1. The van der Waals surface area contributed by atoms with Gasteiger partial charge in [-0.05, 0) is 30.7 Å². The number of hydrogen-bond donors (Lipinski definition) is 0. The molecule has 0 amide bonds. The Kier molecular flexibility index (Phi) is 20.7. The Morgan fingerprint density at radius 2 is 0.602 bits per heavy atom. The SMILES string of the molecule is CCCCCCCCCCCC(=O)c1cc[n+](Cc2ccccc2)cc1.FC(F)(F)c1cc([B-](c2cc(C(F)(F)F)cc(C(F)(F)F)c2)(c2cc(C(F)(F)F)cc(C(F)(F)F)c2)c2cc(C(F)(F)F)cc(C(F)(F)F)c2)cc(C(F)(F)F)c1. The van der Waals surface area contributed by atoms with E-state index in [1.165, 1.54) is 56.9 Å². The van der Waals surface area contributed by atoms with E-state index < -0.39 is 195 Å². The monoisotopic (exact) mass is 1220 g/mol. The first-order valence-corrected chi connectivity index (χ1v) is 25.0. The Labute approximate surface area is 458 Å². The highest BCUT2D eigenvalue weighted by atomic mass is 19.4. The molecule has 0 bridgehead atoms. The fraction of sp³-hybridized carbons (Fsp3) is 0.357. The Bertz CT molecular complexity index is 2690. The summed E-state index contributed by atoms with van der Waals surface area (Å²) >= 11 is 0. The molecule has 1 aromatic heterocycles. The van der Waals surface area contributed by atoms with E-state index in [0.29, 0.717) is 6.42 Å². The van der Waals surface area contributed by atoms with Crippen LogP contribution in [0, 0.1) is 0 Å². The van der Waals surface area contributed by atoms with Gasteiger partial charge in [0.2, 0.25) is 0 Å². The number of carbonyl (C=O) groups excluding carboxylic acids is 1. The third-order valence-corrected chi connectivity index (χ3v) is 13.4. The molecule has 0 radical (unpaired) electrons. The molecular weight excluding hydrogens is 1170 g/mol. The topological polar surface area (TPSA) is 20.9 Å². The number of aromatic nitrogens is 1. The van der Waals surface area contributed by atoms with Gasteiger partial charge in [-0.2, -0.15) is 127 Å². The van der Waals surface area contributed by atoms with Gasteiger partial charge < -0.3 is 0 Å². The van der Waals surface area contributed by atoms with Gasteiger partial charge >= 0.3 is 49.4 Å². The maximum absolute atomic E-state index is 14.2. The molecule has 6 aromatic rings. The second-order valence-corrected chi connectivity index (χ2v) is 19.5. The minimum Gasteiger partial charge on any atom is -0.294 e. The predicted molar refractivity (Wildman–Crippen MR) is 258 cm³/mol. The number of unbranched alkanes of at least 4 members (excludes halogenated alkanes) is 8. The molecule has 0 unspecified atom stereocenters. The average molecular weight is 1220 g/mol. The largest absolute Gasteiger partial charge is 0.416 e. The third-order valence-electron chi connectivity index (χ3n) is 13.4. The highest BCUT2D eigenvalue weighted by Gasteiger charge is 2.47. The lowest BCUT2D eigenvalue weighted by Crippen LogP contribution is -2.75. The lowest BCUT2D eigenvalue weighted by atomic mass is 9.12. The highest BCUT2D eigenvalue weighted by Crippen LogP contribution is 2.41. The summed E-state index contributed by atoms with van der Waals surface area (Å²) in [5.74, 6) is 0.278. The Morgan fingerprint density at radius 3 is 0.855 bits per heavy atom. The van der Waals surface area contributed by atoms with Crippen molar-refractivity contribution in [1.82, 2.24) is 0 Å². The second kappa shape index (κ2) is 25.7. The summed E-state index contributed by atoms with van der Waals surface area (Å²) in [6.45, 7) is 3.10. The number of nitrogens with zero attached hydrogens (tertiary/aromatic N) is 1. The fourth-order valence-electron chi connectivity index (χ4n) is 9.35. The van der Waals surface area contributed by atoms with E-state index in [-0.39, 0.29) is 5.78 Å². The lowest BCUT2D eigenvalue weighted by Gasteiger charge is -2.46. The number of hydrogen-bond acceptors (Lipinski definition) is 1. The van der Waals surface area contributed by atoms with Crippen LogP contribution in [-0.2, 0) is 56.0 Å². The Morgan fingerprint density at radius 1 is 0.349 bits per heavy atom. The summed E-state index contributed by atoms with van der Waals surface area (Å²) in [4.78, 5) is 12.3. The molecule has 0 N–H and O–H groups in total. The Hall–Kier alpha value is -6.70. The van der Waals surface area contributed by atoms with Crippen LogP contribution in [0.3, 0.4) is 0 Å². The van der Waals surface area contributed by atoms with E-state index in [1.54, 1.807) is 0 Å². The fourth-order valence-corrected chi connectivity index (χ4v) is 9.35. The standard InChI is InChI=1S/C32H12BF24.C24H34NO/c34-25(35,36)13-1-14(26(37,38)39)6-21(5-13)33(22-7-15(27(40,41)42)2-16(8-22)28(43,44)45,23-9-17(29(46,47)48)3-18(10-23)30(49,50)51)24-11-19(31(52,53)54)4-20(12-24)32(55,56)57;1-2-3-4-5-6-7-8-9-13-16-24(26)23-17-19-25(20-18-23)21-22-14-11-10-12-15-22/h1-12H;10-12,14-15,17-20H,2-9,13,16,21H2,1H3/q-1;+1. The molecule has 6 rings (SSSR count). The minimum absolute atomic E-state index is 0.278. The van der Waals surface area contributed by atoms with Crippen LogP contribution in [-0.4, -0.2) is 11.9 Å². The van der Waals surface area contributed by atoms with Crippen LogP contribution < -0.4 is 26.4 Å². The molecule has 1 heterocycles. The van der Waals surface area contributed by atoms with E-state index in [0.717, 1.165) is 18.5 Å². The van der Waals surface area contributed by atoms with E-state index >= 15 is 0 Å². The number of pyridine rings is 1. The van der Waals surface area contributed by atoms with Crippen molar-refractivity contribution < 1.29 is 115 Å². The van der Waals surface area contributed by atoms with Crippen molar-refractivity contribution in [2.24, 2.45) is 0 Å². The quantitative estimate of drug-likeness (QED) is 0.0293. The molecule has 0 atom stereocenters. The van der Waals surface area contributed by atoms with Gasteiger partial charge in [-0.1, -0.05) is 137 Å². The Balaban J connectivity index is 0.000000403. The maximum atomic E-state index is 14.2. The van der Waals surface area contributed by atoms with Crippen LogP contribution in [0.1, 0.15) is 132 Å². The predicted octanol–water partition coefficient (Wildman–Crippen LogP) is 17.3. The zero-order valence-electron chi connectivity index (χ0n) is 42.9. The van der Waals surface area contributed by atoms with Crippen LogP contribution in [0.5, 0.6) is 0 Å². The van der Waals surface area contributed by atoms with Gasteiger partial charge in [0.25, 0.3) is 0 Å². The zero-order chi connectivity index (χ0) is 62.4. The van der Waals surface area contributed by atoms with Crippen molar-refractivity contribution in [3.8, 4) is 0 Å². The smallest absolute Gasteiger partial charge is 0.294 e. The normalized spacial score (nSPS) is 13.2. The zero-order valence-corrected chi connectivity index (χ0v) is 42.9. The van der Waals surface area contributed by atoms with Crippen LogP contribution in [0.25, 0.3) is 0 Å². The molecule has 0 fully saturated rings. The molecule has 0 aliphatic rings. The van der Waals surface area contributed by atoms with Crippen molar-refractivity contribution in [2.45, 2.75) is 127 Å². The highest BCUT2D eigenvalue weighted by molar-refractivity contribution is 7.20. The molecule has 0 aliphatic heterocycles. The van der Waals surface area contributed by atoms with E-state index in [9.17, 15) is 110 Å². The van der Waals surface area contributed by atoms with Crippen LogP contribution >= 0.6 is 0 Å². The number of carbonyl (C=O) groups is 1. The number of ketones is 1. The molecule has 27 heteroatoms. The molecular formula is C56H46BF24NO. The van der Waals surface area contributed by atoms with Gasteiger partial charge in [0.1, 0.15) is 6.15 Å². The van der Waals surface area contributed by atoms with E-state index in [4.69, 9.17) is 0 Å². The minimum atomic E-state index is -6.13. The summed E-state index contributed by atoms with van der Waals surface area (Å²) in [6, 6.07) is 5.49. The van der Waals surface area contributed by atoms with Crippen LogP contribution in [0.4, 0.5) is 105 Å². The molecule has 452 valence electrons. The first-order valence-electron chi connectivity index (χ1n) is 25.0. The third kappa shape index (κ3) is 17.9. The maximum Gasteiger partial charge on any atom is 0.416 e. The van der Waals surface area contributed by atoms with Gasteiger partial charge in [0, 0.05) is 29.7 Å². The number of rotatable bonds is 17. The van der Waals surface area contributed by atoms with E-state index in [2.05, 4.69) is 35.8 Å². The van der Waals surface area contributed by atoms with Gasteiger partial charge in [0.15, 0.2) is 24.7 Å². The van der Waals surface area contributed by atoms with Crippen LogP contribution in [0.2, 0.25) is 0 Å². The molecule has 5 aromatic carbocycles. The molecule has 0 saturated carbocycles. The molecule has 2 nitrogen and oxygen atoms in total. The van der Waals surface area contributed by atoms with Gasteiger partial charge in [-0.3, -0.25) is 4.79 Å². The molecule has 0 spiro atoms. The number of Topliss-reactive ketones (excluding diaryl/α,β-unsaturated/α-hetero) is 1.